The number of hydrogen-bond donors (Lipinski definition) is 1. The lowest BCUT2D eigenvalue weighted by molar-refractivity contribution is 0.409. The molecule has 0 saturated carbocycles. The fraction of sp³-hybridized carbons (Fsp3) is 0.294. The van der Waals surface area contributed by atoms with Gasteiger partial charge in [0.05, 0.1) is 7.11 Å². The summed E-state index contributed by atoms with van der Waals surface area (Å²) in [6.07, 6.45) is 0. The molecule has 3 nitrogen and oxygen atoms in total. The molecule has 2 aromatic rings. The lowest BCUT2D eigenvalue weighted by atomic mass is 10.1. The van der Waals surface area contributed by atoms with Crippen molar-refractivity contribution < 1.29 is 9.13 Å². The van der Waals surface area contributed by atoms with Crippen LogP contribution in [-0.2, 0) is 13.1 Å². The molecular formula is C17H21FN2O. The van der Waals surface area contributed by atoms with Crippen LogP contribution < -0.4 is 15.0 Å². The summed E-state index contributed by atoms with van der Waals surface area (Å²) in [4.78, 5) is 2.00. The van der Waals surface area contributed by atoms with Crippen LogP contribution in [0, 0.1) is 5.82 Å². The molecule has 0 aliphatic rings. The molecular weight excluding hydrogens is 267 g/mol. The third-order valence-corrected chi connectivity index (χ3v) is 3.38. The van der Waals surface area contributed by atoms with E-state index in [1.807, 2.05) is 37.2 Å². The topological polar surface area (TPSA) is 24.5 Å². The molecule has 0 radical (unpaired) electrons. The van der Waals surface area contributed by atoms with E-state index in [0.29, 0.717) is 6.54 Å². The molecule has 0 spiro atoms. The number of methoxy groups -OCH3 is 1. The van der Waals surface area contributed by atoms with Crippen molar-refractivity contribution in [2.45, 2.75) is 13.1 Å². The maximum Gasteiger partial charge on any atom is 0.125 e. The summed E-state index contributed by atoms with van der Waals surface area (Å²) in [6, 6.07) is 12.7. The van der Waals surface area contributed by atoms with Crippen molar-refractivity contribution in [3.63, 3.8) is 0 Å². The Morgan fingerprint density at radius 2 is 2.00 bits per heavy atom. The number of anilines is 1. The summed E-state index contributed by atoms with van der Waals surface area (Å²) in [6.45, 7) is 1.46. The zero-order chi connectivity index (χ0) is 15.2. The van der Waals surface area contributed by atoms with Crippen LogP contribution in [0.4, 0.5) is 10.1 Å². The second-order valence-corrected chi connectivity index (χ2v) is 5.01. The molecule has 0 amide bonds. The highest BCUT2D eigenvalue weighted by Crippen LogP contribution is 2.24. The van der Waals surface area contributed by atoms with E-state index in [4.69, 9.17) is 4.74 Å². The van der Waals surface area contributed by atoms with E-state index in [1.54, 1.807) is 13.2 Å². The van der Waals surface area contributed by atoms with Gasteiger partial charge in [-0.25, -0.2) is 4.39 Å². The quantitative estimate of drug-likeness (QED) is 0.883. The minimum absolute atomic E-state index is 0.227. The molecule has 0 atom stereocenters. The number of nitrogens with one attached hydrogen (secondary N) is 1. The molecule has 21 heavy (non-hydrogen) atoms. The standard InChI is InChI=1S/C17H21FN2O/c1-19-11-13-7-8-17(21-3)14(9-13)12-20(2)16-6-4-5-15(18)10-16/h4-10,19H,11-12H2,1-3H3. The maximum absolute atomic E-state index is 13.3. The van der Waals surface area contributed by atoms with Gasteiger partial charge in [0.1, 0.15) is 11.6 Å². The molecule has 4 heteroatoms. The highest BCUT2D eigenvalue weighted by molar-refractivity contribution is 5.48. The Bertz CT molecular complexity index is 601. The predicted molar refractivity (Wildman–Crippen MR) is 84.3 cm³/mol. The summed E-state index contributed by atoms with van der Waals surface area (Å²) >= 11 is 0. The van der Waals surface area contributed by atoms with Gasteiger partial charge in [0.15, 0.2) is 0 Å². The Morgan fingerprint density at radius 1 is 1.19 bits per heavy atom. The van der Waals surface area contributed by atoms with Crippen molar-refractivity contribution in [1.29, 1.82) is 0 Å². The van der Waals surface area contributed by atoms with Crippen LogP contribution in [-0.4, -0.2) is 21.2 Å². The molecule has 2 rings (SSSR count). The number of ether oxygens (including phenoxy) is 1. The molecule has 0 aliphatic carbocycles. The highest BCUT2D eigenvalue weighted by atomic mass is 19.1. The minimum atomic E-state index is -0.227. The van der Waals surface area contributed by atoms with Gasteiger partial charge in [-0.3, -0.25) is 0 Å². The Kier molecular flexibility index (Phi) is 5.17. The van der Waals surface area contributed by atoms with Crippen molar-refractivity contribution >= 4 is 5.69 Å². The van der Waals surface area contributed by atoms with Gasteiger partial charge >= 0.3 is 0 Å². The molecule has 0 saturated heterocycles. The molecule has 0 fully saturated rings. The van der Waals surface area contributed by atoms with Crippen LogP contribution in [0.2, 0.25) is 0 Å². The van der Waals surface area contributed by atoms with Crippen LogP contribution in [0.1, 0.15) is 11.1 Å². The van der Waals surface area contributed by atoms with Gasteiger partial charge in [-0.15, -0.1) is 0 Å². The average molecular weight is 288 g/mol. The van der Waals surface area contributed by atoms with E-state index in [-0.39, 0.29) is 5.82 Å². The van der Waals surface area contributed by atoms with Gasteiger partial charge in [-0.2, -0.15) is 0 Å². The van der Waals surface area contributed by atoms with Gasteiger partial charge in [-0.1, -0.05) is 12.1 Å². The zero-order valence-electron chi connectivity index (χ0n) is 12.7. The molecule has 0 bridgehead atoms. The predicted octanol–water partition coefficient (Wildman–Crippen LogP) is 3.19. The summed E-state index contributed by atoms with van der Waals surface area (Å²) < 4.78 is 18.7. The van der Waals surface area contributed by atoms with Crippen LogP contribution in [0.15, 0.2) is 42.5 Å². The molecule has 112 valence electrons. The van der Waals surface area contributed by atoms with E-state index < -0.39 is 0 Å². The van der Waals surface area contributed by atoms with Gasteiger partial charge in [0.25, 0.3) is 0 Å². The van der Waals surface area contributed by atoms with Crippen molar-refractivity contribution in [1.82, 2.24) is 5.32 Å². The monoisotopic (exact) mass is 288 g/mol. The second-order valence-electron chi connectivity index (χ2n) is 5.01. The summed E-state index contributed by atoms with van der Waals surface area (Å²) in [7, 11) is 5.53. The lowest BCUT2D eigenvalue weighted by Gasteiger charge is -2.21. The zero-order valence-corrected chi connectivity index (χ0v) is 12.7. The second kappa shape index (κ2) is 7.09. The highest BCUT2D eigenvalue weighted by Gasteiger charge is 2.09. The van der Waals surface area contributed by atoms with Gasteiger partial charge in [-0.05, 0) is 42.9 Å². The minimum Gasteiger partial charge on any atom is -0.496 e. The summed E-state index contributed by atoms with van der Waals surface area (Å²) in [5.74, 6) is 0.619. The third kappa shape index (κ3) is 3.95. The fourth-order valence-electron chi connectivity index (χ4n) is 2.33. The SMILES string of the molecule is CNCc1ccc(OC)c(CN(C)c2cccc(F)c2)c1. The first-order valence-electron chi connectivity index (χ1n) is 6.91. The Balaban J connectivity index is 2.22. The largest absolute Gasteiger partial charge is 0.496 e. The summed E-state index contributed by atoms with van der Waals surface area (Å²) in [5.41, 5.74) is 3.12. The molecule has 0 heterocycles. The number of nitrogens with zero attached hydrogens (tertiary/aromatic N) is 1. The number of halogens is 1. The van der Waals surface area contributed by atoms with E-state index in [1.165, 1.54) is 17.7 Å². The number of benzene rings is 2. The Labute approximate surface area is 125 Å². The Hall–Kier alpha value is -2.07. The van der Waals surface area contributed by atoms with Crippen LogP contribution in [0.25, 0.3) is 0 Å². The van der Waals surface area contributed by atoms with E-state index in [0.717, 1.165) is 23.5 Å². The van der Waals surface area contributed by atoms with Crippen molar-refractivity contribution in [3.05, 3.63) is 59.4 Å². The van der Waals surface area contributed by atoms with Crippen molar-refractivity contribution in [3.8, 4) is 5.75 Å². The molecule has 2 aromatic carbocycles. The average Bonchev–Trinajstić information content (AvgIpc) is 2.48. The first-order valence-corrected chi connectivity index (χ1v) is 6.91. The Morgan fingerprint density at radius 3 is 2.67 bits per heavy atom. The van der Waals surface area contributed by atoms with Crippen LogP contribution in [0.5, 0.6) is 5.75 Å². The first-order chi connectivity index (χ1) is 10.1. The van der Waals surface area contributed by atoms with Crippen molar-refractivity contribution in [2.24, 2.45) is 0 Å². The van der Waals surface area contributed by atoms with Gasteiger partial charge < -0.3 is 15.0 Å². The van der Waals surface area contributed by atoms with E-state index in [2.05, 4.69) is 11.4 Å². The van der Waals surface area contributed by atoms with Gasteiger partial charge in [0.2, 0.25) is 0 Å². The molecule has 0 unspecified atom stereocenters. The molecule has 1 N–H and O–H groups in total. The normalized spacial score (nSPS) is 10.5. The lowest BCUT2D eigenvalue weighted by Crippen LogP contribution is -2.17. The first kappa shape index (κ1) is 15.3. The van der Waals surface area contributed by atoms with Gasteiger partial charge in [0, 0.05) is 31.4 Å². The third-order valence-electron chi connectivity index (χ3n) is 3.38. The van der Waals surface area contributed by atoms with Crippen LogP contribution in [0.3, 0.4) is 0 Å². The number of rotatable bonds is 6. The summed E-state index contributed by atoms with van der Waals surface area (Å²) in [5, 5.41) is 3.14. The van der Waals surface area contributed by atoms with Crippen molar-refractivity contribution in [2.75, 3.05) is 26.1 Å². The fourth-order valence-corrected chi connectivity index (χ4v) is 2.33. The maximum atomic E-state index is 13.3. The van der Waals surface area contributed by atoms with E-state index >= 15 is 0 Å². The van der Waals surface area contributed by atoms with Crippen LogP contribution >= 0.6 is 0 Å². The number of hydrogen-bond acceptors (Lipinski definition) is 3. The smallest absolute Gasteiger partial charge is 0.125 e. The van der Waals surface area contributed by atoms with E-state index in [9.17, 15) is 4.39 Å². The molecule has 0 aromatic heterocycles. The molecule has 0 aliphatic heterocycles.